The minimum absolute atomic E-state index is 0.120. The number of carbonyl (C=O) groups is 4. The molecule has 1 N–H and O–H groups in total. The molecule has 1 unspecified atom stereocenters. The molecule has 2 rings (SSSR count). The minimum Gasteiger partial charge on any atom is -0.455 e. The third-order valence-electron chi connectivity index (χ3n) is 3.96. The molecule has 3 amide bonds. The number of carbonyl (C=O) groups excluding carboxylic acids is 4. The Balaban J connectivity index is 1.71. The molecule has 26 heavy (non-hydrogen) atoms. The van der Waals surface area contributed by atoms with Gasteiger partial charge in [-0.25, -0.2) is 4.39 Å². The number of hydrogen-bond donors (Lipinski definition) is 1. The molecular weight excluding hydrogens is 343 g/mol. The van der Waals surface area contributed by atoms with E-state index in [1.807, 2.05) is 0 Å². The molecule has 8 heteroatoms. The summed E-state index contributed by atoms with van der Waals surface area (Å²) >= 11 is 0. The molecule has 0 aromatic heterocycles. The number of imide groups is 1. The van der Waals surface area contributed by atoms with Gasteiger partial charge in [-0.1, -0.05) is 19.1 Å². The highest BCUT2D eigenvalue weighted by atomic mass is 19.1. The Kier molecular flexibility index (Phi) is 6.82. The second-order valence-electron chi connectivity index (χ2n) is 6.23. The maximum atomic E-state index is 13.1. The number of halogens is 1. The molecule has 0 spiro atoms. The number of likely N-dealkylation sites (tertiary alicyclic amines) is 1. The summed E-state index contributed by atoms with van der Waals surface area (Å²) < 4.78 is 18.0. The van der Waals surface area contributed by atoms with Gasteiger partial charge in [0.25, 0.3) is 5.91 Å². The van der Waals surface area contributed by atoms with Crippen LogP contribution in [0, 0.1) is 11.7 Å². The third-order valence-corrected chi connectivity index (χ3v) is 3.96. The summed E-state index contributed by atoms with van der Waals surface area (Å²) in [6.07, 6.45) is 1.37. The zero-order chi connectivity index (χ0) is 19.1. The van der Waals surface area contributed by atoms with Crippen LogP contribution in [-0.2, 0) is 30.3 Å². The second kappa shape index (κ2) is 9.07. The lowest BCUT2D eigenvalue weighted by atomic mass is 10.0. The first kappa shape index (κ1) is 19.6. The Hall–Kier alpha value is -2.77. The SMILES string of the molecule is CC(Cc1cccc(F)c1)C(=O)OCC(=O)NC(=O)CN1CCCC1=O. The predicted molar refractivity (Wildman–Crippen MR) is 89.2 cm³/mol. The number of nitrogens with one attached hydrogen (secondary N) is 1. The minimum atomic E-state index is -0.757. The monoisotopic (exact) mass is 364 g/mol. The number of ether oxygens (including phenoxy) is 1. The number of amides is 3. The average molecular weight is 364 g/mol. The van der Waals surface area contributed by atoms with Crippen LogP contribution < -0.4 is 5.32 Å². The van der Waals surface area contributed by atoms with Gasteiger partial charge in [0.15, 0.2) is 6.61 Å². The molecule has 1 aromatic carbocycles. The van der Waals surface area contributed by atoms with E-state index in [-0.39, 0.29) is 18.9 Å². The fourth-order valence-electron chi connectivity index (χ4n) is 2.66. The Morgan fingerprint density at radius 3 is 2.73 bits per heavy atom. The Bertz CT molecular complexity index is 707. The Morgan fingerprint density at radius 1 is 1.31 bits per heavy atom. The van der Waals surface area contributed by atoms with Crippen LogP contribution in [0.15, 0.2) is 24.3 Å². The van der Waals surface area contributed by atoms with Crippen LogP contribution >= 0.6 is 0 Å². The number of nitrogens with zero attached hydrogens (tertiary/aromatic N) is 1. The summed E-state index contributed by atoms with van der Waals surface area (Å²) in [5.41, 5.74) is 0.643. The first-order valence-corrected chi connectivity index (χ1v) is 8.36. The molecule has 1 atom stereocenters. The van der Waals surface area contributed by atoms with E-state index in [0.29, 0.717) is 24.9 Å². The number of esters is 1. The fraction of sp³-hybridized carbons (Fsp3) is 0.444. The van der Waals surface area contributed by atoms with Gasteiger partial charge < -0.3 is 9.64 Å². The Labute approximate surface area is 150 Å². The van der Waals surface area contributed by atoms with Crippen LogP contribution in [-0.4, -0.2) is 48.3 Å². The molecule has 7 nitrogen and oxygen atoms in total. The van der Waals surface area contributed by atoms with E-state index in [9.17, 15) is 23.6 Å². The third kappa shape index (κ3) is 5.94. The first-order valence-electron chi connectivity index (χ1n) is 8.36. The lowest BCUT2D eigenvalue weighted by Crippen LogP contribution is -2.42. The standard InChI is InChI=1S/C18H21FN2O5/c1-12(8-13-4-2-5-14(19)9-13)18(25)26-11-16(23)20-15(22)10-21-7-3-6-17(21)24/h2,4-5,9,12H,3,6-8,10-11H2,1H3,(H,20,22,23). The maximum Gasteiger partial charge on any atom is 0.309 e. The van der Waals surface area contributed by atoms with E-state index in [2.05, 4.69) is 5.32 Å². The van der Waals surface area contributed by atoms with E-state index in [0.717, 1.165) is 0 Å². The molecule has 1 aromatic rings. The quantitative estimate of drug-likeness (QED) is 0.723. The normalized spacial score (nSPS) is 14.8. The maximum absolute atomic E-state index is 13.1. The summed E-state index contributed by atoms with van der Waals surface area (Å²) in [7, 11) is 0. The van der Waals surface area contributed by atoms with Gasteiger partial charge in [0.05, 0.1) is 12.5 Å². The van der Waals surface area contributed by atoms with Crippen molar-refractivity contribution in [1.29, 1.82) is 0 Å². The molecule has 0 radical (unpaired) electrons. The molecule has 1 aliphatic rings. The zero-order valence-electron chi connectivity index (χ0n) is 14.5. The fourth-order valence-corrected chi connectivity index (χ4v) is 2.66. The number of benzene rings is 1. The van der Waals surface area contributed by atoms with Gasteiger partial charge in [0.2, 0.25) is 11.8 Å². The zero-order valence-corrected chi connectivity index (χ0v) is 14.5. The van der Waals surface area contributed by atoms with Crippen LogP contribution in [0.1, 0.15) is 25.3 Å². The van der Waals surface area contributed by atoms with Crippen molar-refractivity contribution in [1.82, 2.24) is 10.2 Å². The van der Waals surface area contributed by atoms with Crippen molar-refractivity contribution in [3.05, 3.63) is 35.6 Å². The summed E-state index contributed by atoms with van der Waals surface area (Å²) in [6, 6.07) is 5.88. The van der Waals surface area contributed by atoms with Crippen LogP contribution in [0.5, 0.6) is 0 Å². The van der Waals surface area contributed by atoms with Gasteiger partial charge in [-0.3, -0.25) is 24.5 Å². The van der Waals surface area contributed by atoms with Crippen LogP contribution in [0.4, 0.5) is 4.39 Å². The summed E-state index contributed by atoms with van der Waals surface area (Å²) in [4.78, 5) is 48.1. The molecule has 1 aliphatic heterocycles. The molecule has 140 valence electrons. The van der Waals surface area contributed by atoms with Crippen molar-refractivity contribution in [2.24, 2.45) is 5.92 Å². The van der Waals surface area contributed by atoms with Crippen molar-refractivity contribution in [2.45, 2.75) is 26.2 Å². The van der Waals surface area contributed by atoms with Crippen LogP contribution in [0.3, 0.4) is 0 Å². The van der Waals surface area contributed by atoms with Gasteiger partial charge in [-0.05, 0) is 30.5 Å². The van der Waals surface area contributed by atoms with Crippen molar-refractivity contribution in [2.75, 3.05) is 19.7 Å². The lowest BCUT2D eigenvalue weighted by molar-refractivity contribution is -0.153. The van der Waals surface area contributed by atoms with Crippen LogP contribution in [0.25, 0.3) is 0 Å². The van der Waals surface area contributed by atoms with Gasteiger partial charge in [0.1, 0.15) is 5.82 Å². The van der Waals surface area contributed by atoms with Crippen LogP contribution in [0.2, 0.25) is 0 Å². The van der Waals surface area contributed by atoms with Crippen molar-refractivity contribution >= 4 is 23.7 Å². The van der Waals surface area contributed by atoms with Gasteiger partial charge in [-0.15, -0.1) is 0 Å². The second-order valence-corrected chi connectivity index (χ2v) is 6.23. The summed E-state index contributed by atoms with van der Waals surface area (Å²) in [5, 5.41) is 2.08. The van der Waals surface area contributed by atoms with E-state index in [4.69, 9.17) is 4.74 Å². The predicted octanol–water partition coefficient (Wildman–Crippen LogP) is 0.813. The van der Waals surface area contributed by atoms with Gasteiger partial charge in [0, 0.05) is 13.0 Å². The molecule has 1 fully saturated rings. The highest BCUT2D eigenvalue weighted by molar-refractivity contribution is 5.98. The largest absolute Gasteiger partial charge is 0.455 e. The average Bonchev–Trinajstić information content (AvgIpc) is 2.97. The smallest absolute Gasteiger partial charge is 0.309 e. The first-order chi connectivity index (χ1) is 12.3. The molecule has 0 bridgehead atoms. The van der Waals surface area contributed by atoms with Gasteiger partial charge >= 0.3 is 5.97 Å². The van der Waals surface area contributed by atoms with Gasteiger partial charge in [-0.2, -0.15) is 0 Å². The highest BCUT2D eigenvalue weighted by Gasteiger charge is 2.23. The van der Waals surface area contributed by atoms with Crippen molar-refractivity contribution < 1.29 is 28.3 Å². The van der Waals surface area contributed by atoms with E-state index >= 15 is 0 Å². The molecule has 0 aliphatic carbocycles. The number of hydrogen-bond acceptors (Lipinski definition) is 5. The summed E-state index contributed by atoms with van der Waals surface area (Å²) in [6.45, 7) is 1.32. The van der Waals surface area contributed by atoms with E-state index < -0.39 is 36.1 Å². The van der Waals surface area contributed by atoms with Crippen molar-refractivity contribution in [3.63, 3.8) is 0 Å². The molecule has 1 heterocycles. The number of rotatable bonds is 7. The van der Waals surface area contributed by atoms with E-state index in [1.165, 1.54) is 17.0 Å². The van der Waals surface area contributed by atoms with E-state index in [1.54, 1.807) is 19.1 Å². The Morgan fingerprint density at radius 2 is 2.08 bits per heavy atom. The molecule has 0 saturated carbocycles. The summed E-state index contributed by atoms with van der Waals surface area (Å²) in [5.74, 6) is -3.07. The topological polar surface area (TPSA) is 92.8 Å². The highest BCUT2D eigenvalue weighted by Crippen LogP contribution is 2.11. The molecule has 1 saturated heterocycles. The molecular formula is C18H21FN2O5. The lowest BCUT2D eigenvalue weighted by Gasteiger charge is -2.15. The van der Waals surface area contributed by atoms with Crippen molar-refractivity contribution in [3.8, 4) is 0 Å².